The minimum Gasteiger partial charge on any atom is -0.444 e. The summed E-state index contributed by atoms with van der Waals surface area (Å²) in [6.07, 6.45) is 3.91. The molecule has 0 atom stereocenters. The molecule has 0 saturated carbocycles. The first-order valence-electron chi connectivity index (χ1n) is 8.26. The second-order valence-electron chi connectivity index (χ2n) is 6.94. The fraction of sp³-hybridized carbons (Fsp3) is 0.875. The lowest BCUT2D eigenvalue weighted by Crippen LogP contribution is -2.41. The minimum atomic E-state index is -0.449. The summed E-state index contributed by atoms with van der Waals surface area (Å²) < 4.78 is 5.38. The summed E-state index contributed by atoms with van der Waals surface area (Å²) in [5.41, 5.74) is 4.94. The van der Waals surface area contributed by atoms with Crippen molar-refractivity contribution in [3.8, 4) is 0 Å². The highest BCUT2D eigenvalue weighted by atomic mass is 16.6. The highest BCUT2D eigenvalue weighted by Crippen LogP contribution is 2.23. The molecule has 0 spiro atoms. The average molecular weight is 313 g/mol. The molecule has 1 fully saturated rings. The summed E-state index contributed by atoms with van der Waals surface area (Å²) in [5.74, 6) is 0.613. The van der Waals surface area contributed by atoms with Gasteiger partial charge in [0.15, 0.2) is 0 Å². The minimum absolute atomic E-state index is 0.100. The lowest BCUT2D eigenvalue weighted by Gasteiger charge is -2.33. The Kier molecular flexibility index (Phi) is 7.65. The second-order valence-corrected chi connectivity index (χ2v) is 6.94. The Morgan fingerprint density at radius 1 is 1.27 bits per heavy atom. The van der Waals surface area contributed by atoms with E-state index >= 15 is 0 Å². The summed E-state index contributed by atoms with van der Waals surface area (Å²) in [6, 6.07) is 0. The van der Waals surface area contributed by atoms with E-state index in [0.29, 0.717) is 38.5 Å². The maximum absolute atomic E-state index is 12.0. The maximum atomic E-state index is 12.0. The van der Waals surface area contributed by atoms with Gasteiger partial charge in [0.05, 0.1) is 0 Å². The largest absolute Gasteiger partial charge is 0.444 e. The van der Waals surface area contributed by atoms with Gasteiger partial charge in [-0.15, -0.1) is 0 Å². The number of carbonyl (C=O) groups is 2. The van der Waals surface area contributed by atoms with E-state index in [1.54, 1.807) is 4.90 Å². The van der Waals surface area contributed by atoms with Crippen molar-refractivity contribution in [1.82, 2.24) is 10.2 Å². The fourth-order valence-corrected chi connectivity index (χ4v) is 2.48. The van der Waals surface area contributed by atoms with Crippen LogP contribution in [0, 0.1) is 5.92 Å². The van der Waals surface area contributed by atoms with Gasteiger partial charge in [0.2, 0.25) is 5.91 Å². The molecule has 0 aliphatic carbocycles. The highest BCUT2D eigenvalue weighted by Gasteiger charge is 2.26. The van der Waals surface area contributed by atoms with E-state index in [0.717, 1.165) is 25.7 Å². The number of nitrogens with two attached hydrogens (primary N) is 1. The number of hydrogen-bond donors (Lipinski definition) is 2. The number of nitrogens with zero attached hydrogens (tertiary/aromatic N) is 1. The SMILES string of the molecule is CC(C)(C)OC(=O)N1CCC(CCC(=O)NCCCN)CC1. The Labute approximate surface area is 133 Å². The molecule has 0 unspecified atom stereocenters. The summed E-state index contributed by atoms with van der Waals surface area (Å²) in [5, 5.41) is 2.87. The zero-order valence-electron chi connectivity index (χ0n) is 14.2. The first kappa shape index (κ1) is 18.7. The van der Waals surface area contributed by atoms with Gasteiger partial charge >= 0.3 is 6.09 Å². The van der Waals surface area contributed by atoms with Crippen LogP contribution in [0.25, 0.3) is 0 Å². The zero-order chi connectivity index (χ0) is 16.6. The van der Waals surface area contributed by atoms with Crippen molar-refractivity contribution >= 4 is 12.0 Å². The summed E-state index contributed by atoms with van der Waals surface area (Å²) >= 11 is 0. The van der Waals surface area contributed by atoms with Crippen LogP contribution in [0.2, 0.25) is 0 Å². The van der Waals surface area contributed by atoms with Crippen LogP contribution in [0.1, 0.15) is 52.9 Å². The van der Waals surface area contributed by atoms with Gasteiger partial charge in [0, 0.05) is 26.1 Å². The summed E-state index contributed by atoms with van der Waals surface area (Å²) in [4.78, 5) is 25.4. The van der Waals surface area contributed by atoms with Gasteiger partial charge in [-0.05, 0) is 58.9 Å². The predicted molar refractivity (Wildman–Crippen MR) is 86.4 cm³/mol. The number of amides is 2. The zero-order valence-corrected chi connectivity index (χ0v) is 14.2. The molecule has 0 aromatic rings. The van der Waals surface area contributed by atoms with Crippen LogP contribution < -0.4 is 11.1 Å². The molecule has 2 amide bonds. The van der Waals surface area contributed by atoms with Crippen LogP contribution in [-0.2, 0) is 9.53 Å². The Hall–Kier alpha value is -1.30. The van der Waals surface area contributed by atoms with Gasteiger partial charge in [-0.3, -0.25) is 4.79 Å². The average Bonchev–Trinajstić information content (AvgIpc) is 2.44. The standard InChI is InChI=1S/C16H31N3O3/c1-16(2,3)22-15(21)19-11-7-13(8-12-19)5-6-14(20)18-10-4-9-17/h13H,4-12,17H2,1-3H3,(H,18,20). The second kappa shape index (κ2) is 8.98. The van der Waals surface area contributed by atoms with E-state index in [9.17, 15) is 9.59 Å². The number of ether oxygens (including phenoxy) is 1. The molecule has 0 bridgehead atoms. The van der Waals surface area contributed by atoms with Crippen LogP contribution in [-0.4, -0.2) is 48.7 Å². The highest BCUT2D eigenvalue weighted by molar-refractivity contribution is 5.75. The topological polar surface area (TPSA) is 84.7 Å². The molecule has 3 N–H and O–H groups in total. The normalized spacial score (nSPS) is 16.5. The third kappa shape index (κ3) is 7.64. The third-order valence-corrected chi connectivity index (χ3v) is 3.75. The molecule has 6 heteroatoms. The lowest BCUT2D eigenvalue weighted by atomic mass is 9.92. The molecule has 0 aromatic carbocycles. The van der Waals surface area contributed by atoms with Gasteiger partial charge in [0.25, 0.3) is 0 Å². The Morgan fingerprint density at radius 3 is 2.45 bits per heavy atom. The number of hydrogen-bond acceptors (Lipinski definition) is 4. The van der Waals surface area contributed by atoms with Crippen molar-refractivity contribution in [2.24, 2.45) is 11.7 Å². The van der Waals surface area contributed by atoms with Crippen molar-refractivity contribution in [2.75, 3.05) is 26.2 Å². The van der Waals surface area contributed by atoms with Gasteiger partial charge in [-0.25, -0.2) is 4.79 Å². The molecule has 128 valence electrons. The number of carbonyl (C=O) groups excluding carboxylic acids is 2. The van der Waals surface area contributed by atoms with Crippen LogP contribution in [0.15, 0.2) is 0 Å². The van der Waals surface area contributed by atoms with E-state index in [-0.39, 0.29) is 12.0 Å². The van der Waals surface area contributed by atoms with Crippen molar-refractivity contribution < 1.29 is 14.3 Å². The van der Waals surface area contributed by atoms with Crippen LogP contribution >= 0.6 is 0 Å². The molecular weight excluding hydrogens is 282 g/mol. The summed E-state index contributed by atoms with van der Waals surface area (Å²) in [7, 11) is 0. The van der Waals surface area contributed by atoms with E-state index in [4.69, 9.17) is 10.5 Å². The monoisotopic (exact) mass is 313 g/mol. The Balaban J connectivity index is 2.20. The third-order valence-electron chi connectivity index (χ3n) is 3.75. The number of likely N-dealkylation sites (tertiary alicyclic amines) is 1. The molecule has 1 rings (SSSR count). The van der Waals surface area contributed by atoms with Crippen LogP contribution in [0.5, 0.6) is 0 Å². The van der Waals surface area contributed by atoms with E-state index in [1.807, 2.05) is 20.8 Å². The van der Waals surface area contributed by atoms with Gasteiger partial charge in [0.1, 0.15) is 5.60 Å². The van der Waals surface area contributed by atoms with Gasteiger partial charge in [-0.2, -0.15) is 0 Å². The number of piperidine rings is 1. The fourth-order valence-electron chi connectivity index (χ4n) is 2.48. The van der Waals surface area contributed by atoms with Gasteiger partial charge in [-0.1, -0.05) is 0 Å². The van der Waals surface area contributed by atoms with Crippen molar-refractivity contribution in [2.45, 2.75) is 58.5 Å². The number of rotatable bonds is 6. The van der Waals surface area contributed by atoms with Crippen LogP contribution in [0.3, 0.4) is 0 Å². The smallest absolute Gasteiger partial charge is 0.410 e. The summed E-state index contributed by atoms with van der Waals surface area (Å²) in [6.45, 7) is 8.32. The Bertz CT molecular complexity index is 358. The van der Waals surface area contributed by atoms with E-state index < -0.39 is 5.60 Å². The molecule has 6 nitrogen and oxygen atoms in total. The van der Waals surface area contributed by atoms with Crippen molar-refractivity contribution in [1.29, 1.82) is 0 Å². The van der Waals surface area contributed by atoms with E-state index in [1.165, 1.54) is 0 Å². The van der Waals surface area contributed by atoms with Crippen molar-refractivity contribution in [3.63, 3.8) is 0 Å². The first-order chi connectivity index (χ1) is 10.3. The maximum Gasteiger partial charge on any atom is 0.410 e. The lowest BCUT2D eigenvalue weighted by molar-refractivity contribution is -0.121. The molecule has 22 heavy (non-hydrogen) atoms. The van der Waals surface area contributed by atoms with Crippen molar-refractivity contribution in [3.05, 3.63) is 0 Å². The quantitative estimate of drug-likeness (QED) is 0.733. The van der Waals surface area contributed by atoms with Gasteiger partial charge < -0.3 is 20.7 Å². The van der Waals surface area contributed by atoms with E-state index in [2.05, 4.69) is 5.32 Å². The Morgan fingerprint density at radius 2 is 1.91 bits per heavy atom. The molecule has 1 aliphatic rings. The molecular formula is C16H31N3O3. The van der Waals surface area contributed by atoms with Crippen LogP contribution in [0.4, 0.5) is 4.79 Å². The number of nitrogens with one attached hydrogen (secondary N) is 1. The predicted octanol–water partition coefficient (Wildman–Crippen LogP) is 1.88. The molecule has 1 saturated heterocycles. The molecule has 0 aromatic heterocycles. The molecule has 1 aliphatic heterocycles. The molecule has 1 heterocycles. The molecule has 0 radical (unpaired) electrons. The first-order valence-corrected chi connectivity index (χ1v) is 8.26.